The van der Waals surface area contributed by atoms with Crippen LogP contribution in [-0.2, 0) is 5.92 Å². The second-order valence-electron chi connectivity index (χ2n) is 3.71. The van der Waals surface area contributed by atoms with E-state index >= 15 is 0 Å². The molecule has 2 aromatic rings. The molecule has 19 heavy (non-hydrogen) atoms. The number of aromatic carboxylic acids is 1. The van der Waals surface area contributed by atoms with Crippen molar-refractivity contribution >= 4 is 5.97 Å². The molecule has 0 aliphatic heterocycles. The Morgan fingerprint density at radius 2 is 1.95 bits per heavy atom. The third kappa shape index (κ3) is 2.44. The van der Waals surface area contributed by atoms with Crippen LogP contribution >= 0.6 is 0 Å². The lowest BCUT2D eigenvalue weighted by Gasteiger charge is -2.08. The Balaban J connectivity index is 2.56. The highest BCUT2D eigenvalue weighted by molar-refractivity contribution is 5.87. The monoisotopic (exact) mass is 271 g/mol. The molecule has 0 aliphatic rings. The van der Waals surface area contributed by atoms with E-state index in [-0.39, 0.29) is 5.89 Å². The lowest BCUT2D eigenvalue weighted by atomic mass is 10.2. The van der Waals surface area contributed by atoms with Crippen molar-refractivity contribution in [2.75, 3.05) is 6.67 Å². The van der Waals surface area contributed by atoms with E-state index < -0.39 is 30.0 Å². The van der Waals surface area contributed by atoms with E-state index in [1.54, 1.807) is 18.2 Å². The van der Waals surface area contributed by atoms with Gasteiger partial charge in [-0.05, 0) is 12.1 Å². The van der Waals surface area contributed by atoms with Gasteiger partial charge in [0.1, 0.15) is 0 Å². The van der Waals surface area contributed by atoms with Crippen LogP contribution in [0.2, 0.25) is 0 Å². The van der Waals surface area contributed by atoms with Crippen LogP contribution < -0.4 is 0 Å². The minimum absolute atomic E-state index is 0.291. The molecule has 0 saturated heterocycles. The lowest BCUT2D eigenvalue weighted by molar-refractivity contribution is -0.0477. The van der Waals surface area contributed by atoms with Crippen molar-refractivity contribution < 1.29 is 27.5 Å². The Bertz CT molecular complexity index is 596. The molecular weight excluding hydrogens is 263 g/mol. The number of aromatic nitrogens is 1. The fourth-order valence-electron chi connectivity index (χ4n) is 1.48. The number of benzene rings is 1. The summed E-state index contributed by atoms with van der Waals surface area (Å²) >= 11 is 0. The zero-order valence-electron chi connectivity index (χ0n) is 9.44. The maximum atomic E-state index is 13.3. The average Bonchev–Trinajstić information content (AvgIpc) is 2.86. The second kappa shape index (κ2) is 4.75. The van der Waals surface area contributed by atoms with Crippen LogP contribution in [-0.4, -0.2) is 22.7 Å². The summed E-state index contributed by atoms with van der Waals surface area (Å²) in [6, 6.07) is 7.91. The Labute approximate surface area is 105 Å². The van der Waals surface area contributed by atoms with Crippen LogP contribution in [0, 0.1) is 0 Å². The zero-order chi connectivity index (χ0) is 14.0. The summed E-state index contributed by atoms with van der Waals surface area (Å²) in [4.78, 5) is 14.3. The van der Waals surface area contributed by atoms with Gasteiger partial charge in [0.15, 0.2) is 12.4 Å². The molecule has 0 amide bonds. The Kier molecular flexibility index (Phi) is 3.28. The van der Waals surface area contributed by atoms with Gasteiger partial charge in [-0.15, -0.1) is 0 Å². The molecule has 0 aliphatic carbocycles. The minimum Gasteiger partial charge on any atom is -0.476 e. The first kappa shape index (κ1) is 13.1. The van der Waals surface area contributed by atoms with Crippen LogP contribution in [0.25, 0.3) is 11.5 Å². The predicted molar refractivity (Wildman–Crippen MR) is 58.8 cm³/mol. The molecule has 4 nitrogen and oxygen atoms in total. The molecular formula is C12H8F3NO3. The zero-order valence-corrected chi connectivity index (χ0v) is 9.44. The van der Waals surface area contributed by atoms with Crippen molar-refractivity contribution in [2.45, 2.75) is 5.92 Å². The van der Waals surface area contributed by atoms with Crippen molar-refractivity contribution in [3.8, 4) is 11.5 Å². The van der Waals surface area contributed by atoms with Gasteiger partial charge in [0.05, 0.1) is 0 Å². The van der Waals surface area contributed by atoms with Crippen molar-refractivity contribution in [3.63, 3.8) is 0 Å². The van der Waals surface area contributed by atoms with Gasteiger partial charge < -0.3 is 9.52 Å². The molecule has 0 unspecified atom stereocenters. The summed E-state index contributed by atoms with van der Waals surface area (Å²) < 4.78 is 43.5. The van der Waals surface area contributed by atoms with Crippen LogP contribution in [0.5, 0.6) is 0 Å². The molecule has 0 fully saturated rings. The quantitative estimate of drug-likeness (QED) is 0.928. The molecule has 0 bridgehead atoms. The molecule has 1 aromatic heterocycles. The molecule has 7 heteroatoms. The molecule has 100 valence electrons. The Hall–Kier alpha value is -2.31. The number of hydrogen-bond acceptors (Lipinski definition) is 3. The summed E-state index contributed by atoms with van der Waals surface area (Å²) in [5.41, 5.74) is -0.660. The molecule has 2 rings (SSSR count). The van der Waals surface area contributed by atoms with Crippen LogP contribution in [0.3, 0.4) is 0 Å². The molecule has 1 aromatic carbocycles. The minimum atomic E-state index is -4.02. The number of carboxylic acid groups (broad SMARTS) is 1. The van der Waals surface area contributed by atoms with Crippen molar-refractivity contribution in [1.82, 2.24) is 4.98 Å². The van der Waals surface area contributed by atoms with Crippen molar-refractivity contribution in [3.05, 3.63) is 41.8 Å². The summed E-state index contributed by atoms with van der Waals surface area (Å²) in [6.07, 6.45) is 0. The molecule has 1 heterocycles. The number of hydrogen-bond donors (Lipinski definition) is 1. The smallest absolute Gasteiger partial charge is 0.358 e. The molecule has 0 spiro atoms. The molecule has 1 N–H and O–H groups in total. The van der Waals surface area contributed by atoms with Gasteiger partial charge in [-0.2, -0.15) is 8.78 Å². The number of carbonyl (C=O) groups is 1. The lowest BCUT2D eigenvalue weighted by Crippen LogP contribution is -2.19. The fraction of sp³-hybridized carbons (Fsp3) is 0.167. The number of halogens is 3. The number of rotatable bonds is 4. The van der Waals surface area contributed by atoms with Gasteiger partial charge in [-0.3, -0.25) is 0 Å². The third-order valence-electron chi connectivity index (χ3n) is 2.35. The van der Waals surface area contributed by atoms with Gasteiger partial charge in [0.25, 0.3) is 0 Å². The van der Waals surface area contributed by atoms with Crippen LogP contribution in [0.15, 0.2) is 34.7 Å². The second-order valence-corrected chi connectivity index (χ2v) is 3.71. The summed E-state index contributed by atoms with van der Waals surface area (Å²) in [7, 11) is 0. The highest BCUT2D eigenvalue weighted by Gasteiger charge is 2.41. The Morgan fingerprint density at radius 3 is 2.47 bits per heavy atom. The highest BCUT2D eigenvalue weighted by Crippen LogP contribution is 2.34. The first-order chi connectivity index (χ1) is 8.95. The SMILES string of the molecule is O=C(O)c1nc(-c2ccccc2)oc1C(F)(F)CF. The van der Waals surface area contributed by atoms with E-state index in [1.165, 1.54) is 12.1 Å². The third-order valence-corrected chi connectivity index (χ3v) is 2.35. The summed E-state index contributed by atoms with van der Waals surface area (Å²) in [5, 5.41) is 8.81. The van der Waals surface area contributed by atoms with Gasteiger partial charge >= 0.3 is 11.9 Å². The van der Waals surface area contributed by atoms with Crippen LogP contribution in [0.1, 0.15) is 16.2 Å². The summed E-state index contributed by atoms with van der Waals surface area (Å²) in [5.74, 6) is -7.29. The summed E-state index contributed by atoms with van der Waals surface area (Å²) in [6.45, 7) is -2.06. The van der Waals surface area contributed by atoms with E-state index in [0.717, 1.165) is 0 Å². The van der Waals surface area contributed by atoms with Gasteiger partial charge in [-0.25, -0.2) is 14.2 Å². The first-order valence-corrected chi connectivity index (χ1v) is 5.19. The number of nitrogens with zero attached hydrogens (tertiary/aromatic N) is 1. The number of alkyl halides is 3. The predicted octanol–water partition coefficient (Wildman–Crippen LogP) is 3.10. The van der Waals surface area contributed by atoms with E-state index in [1.807, 2.05) is 0 Å². The molecule has 0 radical (unpaired) electrons. The standard InChI is InChI=1S/C12H8F3NO3/c13-6-12(14,15)9-8(11(17)18)16-10(19-9)7-4-2-1-3-5-7/h1-5H,6H2,(H,17,18). The normalized spacial score (nSPS) is 11.5. The average molecular weight is 271 g/mol. The van der Waals surface area contributed by atoms with Crippen molar-refractivity contribution in [2.24, 2.45) is 0 Å². The van der Waals surface area contributed by atoms with E-state index in [2.05, 4.69) is 4.98 Å². The highest BCUT2D eigenvalue weighted by atomic mass is 19.3. The van der Waals surface area contributed by atoms with Gasteiger partial charge in [0, 0.05) is 5.56 Å². The maximum absolute atomic E-state index is 13.3. The van der Waals surface area contributed by atoms with Crippen LogP contribution in [0.4, 0.5) is 13.2 Å². The van der Waals surface area contributed by atoms with Crippen molar-refractivity contribution in [1.29, 1.82) is 0 Å². The number of oxazole rings is 1. The van der Waals surface area contributed by atoms with Gasteiger partial charge in [-0.1, -0.05) is 18.2 Å². The Morgan fingerprint density at radius 1 is 1.32 bits per heavy atom. The van der Waals surface area contributed by atoms with E-state index in [9.17, 15) is 18.0 Å². The van der Waals surface area contributed by atoms with E-state index in [4.69, 9.17) is 9.52 Å². The number of carboxylic acids is 1. The van der Waals surface area contributed by atoms with E-state index in [0.29, 0.717) is 5.56 Å². The fourth-order valence-corrected chi connectivity index (χ4v) is 1.48. The largest absolute Gasteiger partial charge is 0.476 e. The maximum Gasteiger partial charge on any atom is 0.358 e. The van der Waals surface area contributed by atoms with Gasteiger partial charge in [0.2, 0.25) is 11.7 Å². The molecule has 0 saturated carbocycles. The topological polar surface area (TPSA) is 63.3 Å². The first-order valence-electron chi connectivity index (χ1n) is 5.19. The molecule has 0 atom stereocenters.